The minimum absolute atomic E-state index is 0.103. The maximum Gasteiger partial charge on any atom is 0.254 e. The van der Waals surface area contributed by atoms with Gasteiger partial charge in [-0.05, 0) is 68.5 Å². The molecule has 4 nitrogen and oxygen atoms in total. The standard InChI is InChI=1S/C24H26N2O2S/c1-16-8-11-21(12-18(16)3)28-14-23-25-19(15-29-23)13-26(20-9-10-20)24(27)22-7-5-4-6-17(22)2/h4-8,11-12,15,20H,9-10,13-14H2,1-3H3. The van der Waals surface area contributed by atoms with Crippen molar-refractivity contribution < 1.29 is 9.53 Å². The highest BCUT2D eigenvalue weighted by Gasteiger charge is 2.34. The van der Waals surface area contributed by atoms with Crippen molar-refractivity contribution in [1.82, 2.24) is 9.88 Å². The Kier molecular flexibility index (Phi) is 5.67. The zero-order chi connectivity index (χ0) is 20.4. The van der Waals surface area contributed by atoms with E-state index >= 15 is 0 Å². The van der Waals surface area contributed by atoms with Crippen LogP contribution in [0, 0.1) is 20.8 Å². The van der Waals surface area contributed by atoms with Crippen molar-refractivity contribution >= 4 is 17.2 Å². The maximum atomic E-state index is 13.1. The Bertz CT molecular complexity index is 1020. The van der Waals surface area contributed by atoms with Gasteiger partial charge in [0.15, 0.2) is 0 Å². The van der Waals surface area contributed by atoms with Crippen molar-refractivity contribution in [3.05, 3.63) is 80.8 Å². The lowest BCUT2D eigenvalue weighted by molar-refractivity contribution is 0.0727. The second-order valence-electron chi connectivity index (χ2n) is 7.75. The smallest absolute Gasteiger partial charge is 0.254 e. The predicted octanol–water partition coefficient (Wildman–Crippen LogP) is 5.45. The van der Waals surface area contributed by atoms with Crippen molar-refractivity contribution in [2.75, 3.05) is 0 Å². The molecule has 0 unspecified atom stereocenters. The third-order valence-electron chi connectivity index (χ3n) is 5.40. The van der Waals surface area contributed by atoms with Gasteiger partial charge in [-0.2, -0.15) is 0 Å². The first-order chi connectivity index (χ1) is 14.0. The highest BCUT2D eigenvalue weighted by Crippen LogP contribution is 2.30. The van der Waals surface area contributed by atoms with Crippen LogP contribution >= 0.6 is 11.3 Å². The average Bonchev–Trinajstić information content (AvgIpc) is 3.46. The molecule has 0 N–H and O–H groups in total. The van der Waals surface area contributed by atoms with Crippen LogP contribution in [-0.4, -0.2) is 21.8 Å². The molecule has 0 atom stereocenters. The van der Waals surface area contributed by atoms with Gasteiger partial charge in [-0.3, -0.25) is 4.79 Å². The van der Waals surface area contributed by atoms with Crippen LogP contribution in [0.5, 0.6) is 5.75 Å². The molecule has 29 heavy (non-hydrogen) atoms. The summed E-state index contributed by atoms with van der Waals surface area (Å²) in [5.41, 5.74) is 5.21. The summed E-state index contributed by atoms with van der Waals surface area (Å²) in [6, 6.07) is 14.3. The van der Waals surface area contributed by atoms with E-state index in [-0.39, 0.29) is 5.91 Å². The molecule has 1 saturated carbocycles. The number of carbonyl (C=O) groups excluding carboxylic acids is 1. The first-order valence-electron chi connectivity index (χ1n) is 10.0. The van der Waals surface area contributed by atoms with Crippen molar-refractivity contribution in [3.63, 3.8) is 0 Å². The fourth-order valence-corrected chi connectivity index (χ4v) is 4.03. The van der Waals surface area contributed by atoms with Gasteiger partial charge in [0.1, 0.15) is 17.4 Å². The topological polar surface area (TPSA) is 42.4 Å². The molecule has 1 aliphatic carbocycles. The van der Waals surface area contributed by atoms with Crippen molar-refractivity contribution in [2.24, 2.45) is 0 Å². The number of hydrogen-bond acceptors (Lipinski definition) is 4. The van der Waals surface area contributed by atoms with E-state index in [4.69, 9.17) is 9.72 Å². The SMILES string of the molecule is Cc1ccc(OCc2nc(CN(C(=O)c3ccccc3C)C3CC3)cs2)cc1C. The Morgan fingerprint density at radius 2 is 1.90 bits per heavy atom. The lowest BCUT2D eigenvalue weighted by Crippen LogP contribution is -2.33. The number of benzene rings is 2. The Morgan fingerprint density at radius 1 is 1.10 bits per heavy atom. The summed E-state index contributed by atoms with van der Waals surface area (Å²) < 4.78 is 5.91. The van der Waals surface area contributed by atoms with E-state index in [9.17, 15) is 4.79 Å². The van der Waals surface area contributed by atoms with E-state index in [0.717, 1.165) is 40.4 Å². The Balaban J connectivity index is 1.42. The van der Waals surface area contributed by atoms with Crippen LogP contribution in [0.1, 0.15) is 50.6 Å². The molecule has 0 radical (unpaired) electrons. The van der Waals surface area contributed by atoms with E-state index < -0.39 is 0 Å². The summed E-state index contributed by atoms with van der Waals surface area (Å²) in [6.07, 6.45) is 2.15. The number of rotatable bonds is 7. The van der Waals surface area contributed by atoms with Gasteiger partial charge in [0.05, 0.1) is 12.2 Å². The molecule has 4 rings (SSSR count). The molecule has 1 amide bonds. The molecular formula is C24H26N2O2S. The number of aryl methyl sites for hydroxylation is 3. The largest absolute Gasteiger partial charge is 0.486 e. The van der Waals surface area contributed by atoms with Crippen LogP contribution in [0.3, 0.4) is 0 Å². The molecule has 0 bridgehead atoms. The Morgan fingerprint density at radius 3 is 2.62 bits per heavy atom. The van der Waals surface area contributed by atoms with Crippen LogP contribution in [0.15, 0.2) is 47.8 Å². The normalized spacial score (nSPS) is 13.3. The number of hydrogen-bond donors (Lipinski definition) is 0. The van der Waals surface area contributed by atoms with Crippen molar-refractivity contribution in [2.45, 2.75) is 52.8 Å². The van der Waals surface area contributed by atoms with E-state index in [0.29, 0.717) is 19.2 Å². The van der Waals surface area contributed by atoms with E-state index in [1.807, 2.05) is 47.5 Å². The molecule has 5 heteroatoms. The summed E-state index contributed by atoms with van der Waals surface area (Å²) in [4.78, 5) is 19.8. The zero-order valence-corrected chi connectivity index (χ0v) is 18.0. The summed E-state index contributed by atoms with van der Waals surface area (Å²) in [6.45, 7) is 7.17. The van der Waals surface area contributed by atoms with Crippen LogP contribution in [0.25, 0.3) is 0 Å². The molecule has 150 valence electrons. The third-order valence-corrected chi connectivity index (χ3v) is 6.27. The zero-order valence-electron chi connectivity index (χ0n) is 17.1. The van der Waals surface area contributed by atoms with Gasteiger partial charge in [0.25, 0.3) is 5.91 Å². The van der Waals surface area contributed by atoms with Gasteiger partial charge in [-0.15, -0.1) is 11.3 Å². The molecule has 0 spiro atoms. The number of ether oxygens (including phenoxy) is 1. The Hall–Kier alpha value is -2.66. The third kappa shape index (κ3) is 4.67. The van der Waals surface area contributed by atoms with Gasteiger partial charge < -0.3 is 9.64 Å². The molecule has 1 fully saturated rings. The summed E-state index contributed by atoms with van der Waals surface area (Å²) in [5.74, 6) is 0.964. The van der Waals surface area contributed by atoms with Crippen molar-refractivity contribution in [3.8, 4) is 5.75 Å². The predicted molar refractivity (Wildman–Crippen MR) is 116 cm³/mol. The van der Waals surface area contributed by atoms with Gasteiger partial charge in [0.2, 0.25) is 0 Å². The summed E-state index contributed by atoms with van der Waals surface area (Å²) >= 11 is 1.59. The first kappa shape index (κ1) is 19.6. The number of amides is 1. The van der Waals surface area contributed by atoms with Gasteiger partial charge >= 0.3 is 0 Å². The molecule has 1 heterocycles. The molecule has 0 aliphatic heterocycles. The second-order valence-corrected chi connectivity index (χ2v) is 8.69. The fraction of sp³-hybridized carbons (Fsp3) is 0.333. The lowest BCUT2D eigenvalue weighted by Gasteiger charge is -2.22. The number of carbonyl (C=O) groups is 1. The van der Waals surface area contributed by atoms with E-state index in [2.05, 4.69) is 26.0 Å². The fourth-order valence-electron chi connectivity index (χ4n) is 3.33. The van der Waals surface area contributed by atoms with Crippen LogP contribution in [-0.2, 0) is 13.2 Å². The van der Waals surface area contributed by atoms with Gasteiger partial charge in [-0.1, -0.05) is 24.3 Å². The van der Waals surface area contributed by atoms with E-state index in [1.165, 1.54) is 11.1 Å². The monoisotopic (exact) mass is 406 g/mol. The quantitative estimate of drug-likeness (QED) is 0.524. The maximum absolute atomic E-state index is 13.1. The minimum Gasteiger partial charge on any atom is -0.486 e. The van der Waals surface area contributed by atoms with Crippen LogP contribution in [0.4, 0.5) is 0 Å². The minimum atomic E-state index is 0.103. The second kappa shape index (κ2) is 8.37. The van der Waals surface area contributed by atoms with Gasteiger partial charge in [-0.25, -0.2) is 4.98 Å². The lowest BCUT2D eigenvalue weighted by atomic mass is 10.1. The first-order valence-corrected chi connectivity index (χ1v) is 10.9. The van der Waals surface area contributed by atoms with Crippen molar-refractivity contribution in [1.29, 1.82) is 0 Å². The molecule has 1 aromatic heterocycles. The molecule has 3 aromatic rings. The van der Waals surface area contributed by atoms with Crippen LogP contribution in [0.2, 0.25) is 0 Å². The highest BCUT2D eigenvalue weighted by atomic mass is 32.1. The molecule has 1 aliphatic rings. The molecule has 2 aromatic carbocycles. The Labute approximate surface area is 176 Å². The average molecular weight is 407 g/mol. The summed E-state index contributed by atoms with van der Waals surface area (Å²) in [7, 11) is 0. The van der Waals surface area contributed by atoms with Crippen LogP contribution < -0.4 is 4.74 Å². The summed E-state index contributed by atoms with van der Waals surface area (Å²) in [5, 5.41) is 2.97. The van der Waals surface area contributed by atoms with Gasteiger partial charge in [0, 0.05) is 17.0 Å². The number of aromatic nitrogens is 1. The molecular weight excluding hydrogens is 380 g/mol. The number of thiazole rings is 1. The molecule has 0 saturated heterocycles. The number of nitrogens with zero attached hydrogens (tertiary/aromatic N) is 2. The highest BCUT2D eigenvalue weighted by molar-refractivity contribution is 7.09. The van der Waals surface area contributed by atoms with E-state index in [1.54, 1.807) is 11.3 Å².